The molecule has 0 fully saturated rings. The van der Waals surface area contributed by atoms with E-state index in [-0.39, 0.29) is 18.2 Å². The summed E-state index contributed by atoms with van der Waals surface area (Å²) in [5.41, 5.74) is 4.87. The maximum Gasteiger partial charge on any atom is 0.343 e. The first kappa shape index (κ1) is 23.2. The van der Waals surface area contributed by atoms with Crippen molar-refractivity contribution in [3.05, 3.63) is 95.1 Å². The fourth-order valence-corrected chi connectivity index (χ4v) is 2.77. The molecule has 0 atom stereocenters. The molecule has 0 aromatic heterocycles. The number of carbonyl (C=O) groups is 3. The third-order valence-electron chi connectivity index (χ3n) is 4.53. The quantitative estimate of drug-likeness (QED) is 0.240. The fraction of sp³-hybridized carbons (Fsp3) is 0.120. The lowest BCUT2D eigenvalue weighted by molar-refractivity contribution is -0.120. The fourth-order valence-electron chi connectivity index (χ4n) is 2.77. The molecule has 2 amide bonds. The Bertz CT molecular complexity index is 1160. The van der Waals surface area contributed by atoms with Crippen molar-refractivity contribution < 1.29 is 23.9 Å². The topological polar surface area (TPSA) is 106 Å². The van der Waals surface area contributed by atoms with Gasteiger partial charge in [0, 0.05) is 5.56 Å². The van der Waals surface area contributed by atoms with E-state index in [2.05, 4.69) is 15.8 Å². The zero-order valence-corrected chi connectivity index (χ0v) is 18.2. The van der Waals surface area contributed by atoms with Gasteiger partial charge in [0.25, 0.3) is 11.8 Å². The summed E-state index contributed by atoms with van der Waals surface area (Å²) < 4.78 is 10.7. The third kappa shape index (κ3) is 6.76. The van der Waals surface area contributed by atoms with Gasteiger partial charge in [-0.05, 0) is 55.0 Å². The molecule has 3 aromatic rings. The molecule has 0 aliphatic carbocycles. The van der Waals surface area contributed by atoms with Crippen molar-refractivity contribution in [2.75, 3.05) is 13.7 Å². The molecule has 0 saturated carbocycles. The Balaban J connectivity index is 1.54. The normalized spacial score (nSPS) is 10.5. The van der Waals surface area contributed by atoms with E-state index >= 15 is 0 Å². The lowest BCUT2D eigenvalue weighted by Crippen LogP contribution is -2.34. The van der Waals surface area contributed by atoms with Crippen molar-refractivity contribution >= 4 is 24.0 Å². The van der Waals surface area contributed by atoms with Crippen LogP contribution in [0.15, 0.2) is 77.9 Å². The molecule has 2 N–H and O–H groups in total. The minimum Gasteiger partial charge on any atom is -0.493 e. The van der Waals surface area contributed by atoms with Gasteiger partial charge in [-0.3, -0.25) is 9.59 Å². The number of carbonyl (C=O) groups excluding carboxylic acids is 3. The number of nitrogens with one attached hydrogen (secondary N) is 2. The van der Waals surface area contributed by atoms with Crippen LogP contribution in [0.2, 0.25) is 0 Å². The van der Waals surface area contributed by atoms with E-state index in [4.69, 9.17) is 9.47 Å². The van der Waals surface area contributed by atoms with Crippen molar-refractivity contribution in [1.82, 2.24) is 10.7 Å². The highest BCUT2D eigenvalue weighted by molar-refractivity contribution is 5.96. The lowest BCUT2D eigenvalue weighted by Gasteiger charge is -2.10. The number of ether oxygens (including phenoxy) is 2. The molecule has 0 saturated heterocycles. The van der Waals surface area contributed by atoms with Gasteiger partial charge >= 0.3 is 5.97 Å². The van der Waals surface area contributed by atoms with E-state index in [1.807, 2.05) is 19.1 Å². The van der Waals surface area contributed by atoms with E-state index in [0.29, 0.717) is 22.4 Å². The van der Waals surface area contributed by atoms with Crippen LogP contribution in [-0.4, -0.2) is 37.7 Å². The molecule has 8 heteroatoms. The smallest absolute Gasteiger partial charge is 0.343 e. The van der Waals surface area contributed by atoms with Crippen LogP contribution in [0.5, 0.6) is 11.5 Å². The number of hydrogen-bond acceptors (Lipinski definition) is 6. The molecular formula is C25H23N3O5. The summed E-state index contributed by atoms with van der Waals surface area (Å²) in [6, 6.07) is 20.5. The van der Waals surface area contributed by atoms with Crippen LogP contribution >= 0.6 is 0 Å². The number of aryl methyl sites for hydroxylation is 1. The first-order chi connectivity index (χ1) is 16.0. The zero-order chi connectivity index (χ0) is 23.6. The molecule has 0 aliphatic heterocycles. The van der Waals surface area contributed by atoms with Gasteiger partial charge in [-0.25, -0.2) is 10.2 Å². The van der Waals surface area contributed by atoms with Crippen LogP contribution < -0.4 is 20.2 Å². The first-order valence-electron chi connectivity index (χ1n) is 10.1. The van der Waals surface area contributed by atoms with Crippen molar-refractivity contribution in [1.29, 1.82) is 0 Å². The Kier molecular flexibility index (Phi) is 7.91. The molecule has 33 heavy (non-hydrogen) atoms. The van der Waals surface area contributed by atoms with E-state index in [0.717, 1.165) is 5.56 Å². The summed E-state index contributed by atoms with van der Waals surface area (Å²) in [7, 11) is 1.46. The van der Waals surface area contributed by atoms with Crippen LogP contribution in [0.1, 0.15) is 31.8 Å². The number of rotatable bonds is 8. The number of hydrazone groups is 1. The number of benzene rings is 3. The highest BCUT2D eigenvalue weighted by Gasteiger charge is 2.13. The molecule has 0 heterocycles. The Morgan fingerprint density at radius 2 is 1.64 bits per heavy atom. The summed E-state index contributed by atoms with van der Waals surface area (Å²) in [5.74, 6) is -0.741. The molecule has 3 aromatic carbocycles. The van der Waals surface area contributed by atoms with Crippen molar-refractivity contribution in [3.8, 4) is 11.5 Å². The molecule has 0 unspecified atom stereocenters. The standard InChI is InChI=1S/C25H23N3O5/c1-17-8-11-20(12-9-17)25(31)33-21-13-10-18(14-22(21)32-2)15-27-28-23(29)16-26-24(30)19-6-4-3-5-7-19/h3-15H,16H2,1-2H3,(H,26,30)(H,28,29). The van der Waals surface area contributed by atoms with Crippen LogP contribution in [0.25, 0.3) is 0 Å². The monoisotopic (exact) mass is 445 g/mol. The first-order valence-corrected chi connectivity index (χ1v) is 10.1. The van der Waals surface area contributed by atoms with Crippen LogP contribution in [0.4, 0.5) is 0 Å². The number of hydrogen-bond donors (Lipinski definition) is 2. The predicted molar refractivity (Wildman–Crippen MR) is 124 cm³/mol. The van der Waals surface area contributed by atoms with Gasteiger partial charge in [0.1, 0.15) is 0 Å². The lowest BCUT2D eigenvalue weighted by atomic mass is 10.1. The molecule has 8 nitrogen and oxygen atoms in total. The number of methoxy groups -OCH3 is 1. The molecule has 3 rings (SSSR count). The predicted octanol–water partition coefficient (Wildman–Crippen LogP) is 3.10. The minimum absolute atomic E-state index is 0.220. The average molecular weight is 445 g/mol. The van der Waals surface area contributed by atoms with E-state index in [9.17, 15) is 14.4 Å². The molecular weight excluding hydrogens is 422 g/mol. The van der Waals surface area contributed by atoms with E-state index < -0.39 is 11.9 Å². The highest BCUT2D eigenvalue weighted by atomic mass is 16.6. The van der Waals surface area contributed by atoms with Gasteiger partial charge < -0.3 is 14.8 Å². The minimum atomic E-state index is -0.500. The van der Waals surface area contributed by atoms with Crippen molar-refractivity contribution in [2.24, 2.45) is 5.10 Å². The maximum absolute atomic E-state index is 12.3. The Morgan fingerprint density at radius 1 is 0.909 bits per heavy atom. The van der Waals surface area contributed by atoms with Crippen LogP contribution in [0.3, 0.4) is 0 Å². The second-order valence-corrected chi connectivity index (χ2v) is 7.01. The Labute approximate surface area is 191 Å². The summed E-state index contributed by atoms with van der Waals surface area (Å²) in [6.07, 6.45) is 1.41. The van der Waals surface area contributed by atoms with Gasteiger partial charge in [0.2, 0.25) is 0 Å². The van der Waals surface area contributed by atoms with Gasteiger partial charge in [0.05, 0.1) is 25.4 Å². The van der Waals surface area contributed by atoms with Gasteiger partial charge in [-0.1, -0.05) is 35.9 Å². The molecule has 0 bridgehead atoms. The average Bonchev–Trinajstić information content (AvgIpc) is 2.84. The van der Waals surface area contributed by atoms with Gasteiger partial charge in [0.15, 0.2) is 11.5 Å². The number of amides is 2. The van der Waals surface area contributed by atoms with Crippen LogP contribution in [0, 0.1) is 6.92 Å². The third-order valence-corrected chi connectivity index (χ3v) is 4.53. The SMILES string of the molecule is COc1cc(C=NNC(=O)CNC(=O)c2ccccc2)ccc1OC(=O)c1ccc(C)cc1. The molecule has 168 valence electrons. The second kappa shape index (κ2) is 11.2. The van der Waals surface area contributed by atoms with Gasteiger partial charge in [-0.15, -0.1) is 0 Å². The summed E-state index contributed by atoms with van der Waals surface area (Å²) >= 11 is 0. The van der Waals surface area contributed by atoms with Gasteiger partial charge in [-0.2, -0.15) is 5.10 Å². The Hall–Kier alpha value is -4.46. The summed E-state index contributed by atoms with van der Waals surface area (Å²) in [5, 5.41) is 6.39. The Morgan fingerprint density at radius 3 is 2.33 bits per heavy atom. The molecule has 0 aliphatic rings. The molecule has 0 radical (unpaired) electrons. The zero-order valence-electron chi connectivity index (χ0n) is 18.2. The second-order valence-electron chi connectivity index (χ2n) is 7.01. The molecule has 0 spiro atoms. The summed E-state index contributed by atoms with van der Waals surface area (Å²) in [4.78, 5) is 36.2. The summed E-state index contributed by atoms with van der Waals surface area (Å²) in [6.45, 7) is 1.71. The largest absolute Gasteiger partial charge is 0.493 e. The number of nitrogens with zero attached hydrogens (tertiary/aromatic N) is 1. The van der Waals surface area contributed by atoms with Crippen molar-refractivity contribution in [3.63, 3.8) is 0 Å². The van der Waals surface area contributed by atoms with Crippen molar-refractivity contribution in [2.45, 2.75) is 6.92 Å². The maximum atomic E-state index is 12.3. The van der Waals surface area contributed by atoms with E-state index in [1.165, 1.54) is 13.3 Å². The van der Waals surface area contributed by atoms with Crippen LogP contribution in [-0.2, 0) is 4.79 Å². The highest BCUT2D eigenvalue weighted by Crippen LogP contribution is 2.28. The van der Waals surface area contributed by atoms with E-state index in [1.54, 1.807) is 60.7 Å². The number of esters is 1.